The van der Waals surface area contributed by atoms with Gasteiger partial charge in [-0.1, -0.05) is 42.3 Å². The van der Waals surface area contributed by atoms with E-state index in [0.717, 1.165) is 22.3 Å². The molecule has 0 amide bonds. The number of aryl methyl sites for hydroxylation is 1. The molecule has 0 aliphatic heterocycles. The summed E-state index contributed by atoms with van der Waals surface area (Å²) >= 11 is 0. The van der Waals surface area contributed by atoms with E-state index in [1.165, 1.54) is 7.11 Å². The molecule has 0 spiro atoms. The van der Waals surface area contributed by atoms with E-state index in [-0.39, 0.29) is 5.97 Å². The van der Waals surface area contributed by atoms with Crippen molar-refractivity contribution in [2.45, 2.75) is 6.92 Å². The number of hydrogen-bond acceptors (Lipinski definition) is 3. The molecule has 0 unspecified atom stereocenters. The maximum absolute atomic E-state index is 12.0. The molecular formula is C20H15NO2. The van der Waals surface area contributed by atoms with Crippen LogP contribution in [0.2, 0.25) is 0 Å². The van der Waals surface area contributed by atoms with Gasteiger partial charge in [-0.05, 0) is 41.7 Å². The van der Waals surface area contributed by atoms with E-state index in [0.29, 0.717) is 11.3 Å². The number of esters is 1. The molecule has 0 N–H and O–H groups in total. The number of carbonyl (C=O) groups is 1. The lowest BCUT2D eigenvalue weighted by molar-refractivity contribution is 0.0602. The van der Waals surface area contributed by atoms with Crippen molar-refractivity contribution < 1.29 is 9.53 Å². The van der Waals surface area contributed by atoms with Crippen LogP contribution in [0.4, 0.5) is 0 Å². The van der Waals surface area contributed by atoms with Crippen LogP contribution in [0.15, 0.2) is 54.7 Å². The summed E-state index contributed by atoms with van der Waals surface area (Å²) in [5.74, 6) is 5.81. The molecule has 0 aromatic carbocycles. The molecule has 3 heteroatoms. The number of ether oxygens (including phenoxy) is 1. The molecule has 2 aliphatic rings. The van der Waals surface area contributed by atoms with Crippen LogP contribution in [0.3, 0.4) is 0 Å². The Morgan fingerprint density at radius 2 is 1.83 bits per heavy atom. The number of hydrogen-bond donors (Lipinski definition) is 0. The average molecular weight is 301 g/mol. The van der Waals surface area contributed by atoms with Crippen molar-refractivity contribution in [2.75, 3.05) is 7.11 Å². The van der Waals surface area contributed by atoms with Gasteiger partial charge in [0.05, 0.1) is 12.7 Å². The molecule has 0 fully saturated rings. The van der Waals surface area contributed by atoms with Crippen LogP contribution < -0.4 is 0 Å². The van der Waals surface area contributed by atoms with Gasteiger partial charge >= 0.3 is 5.97 Å². The van der Waals surface area contributed by atoms with Gasteiger partial charge in [-0.25, -0.2) is 9.78 Å². The fourth-order valence-electron chi connectivity index (χ4n) is 2.37. The molecule has 0 radical (unpaired) electrons. The molecule has 1 aromatic heterocycles. The van der Waals surface area contributed by atoms with Crippen molar-refractivity contribution in [1.29, 1.82) is 0 Å². The molecule has 1 heterocycles. The largest absolute Gasteiger partial charge is 0.465 e. The van der Waals surface area contributed by atoms with Crippen molar-refractivity contribution >= 4 is 5.97 Å². The molecule has 0 saturated heterocycles. The summed E-state index contributed by atoms with van der Waals surface area (Å²) < 4.78 is 4.86. The lowest BCUT2D eigenvalue weighted by Crippen LogP contribution is -1.99. The molecule has 3 rings (SSSR count). The van der Waals surface area contributed by atoms with Crippen molar-refractivity contribution in [3.05, 3.63) is 77.1 Å². The summed E-state index contributed by atoms with van der Waals surface area (Å²) in [6, 6.07) is 15.2. The zero-order chi connectivity index (χ0) is 16.2. The highest BCUT2D eigenvalue weighted by atomic mass is 16.5. The van der Waals surface area contributed by atoms with Crippen LogP contribution in [0, 0.1) is 18.8 Å². The van der Waals surface area contributed by atoms with E-state index < -0.39 is 0 Å². The summed E-state index contributed by atoms with van der Waals surface area (Å²) in [5.41, 5.74) is 4.87. The molecular weight excluding hydrogens is 286 g/mol. The Kier molecular flexibility index (Phi) is 4.07. The number of methoxy groups -OCH3 is 1. The van der Waals surface area contributed by atoms with E-state index in [4.69, 9.17) is 4.74 Å². The average Bonchev–Trinajstić information content (AvgIpc) is 2.74. The van der Waals surface area contributed by atoms with Crippen molar-refractivity contribution in [3.63, 3.8) is 0 Å². The minimum Gasteiger partial charge on any atom is -0.465 e. The van der Waals surface area contributed by atoms with Gasteiger partial charge < -0.3 is 4.74 Å². The highest BCUT2D eigenvalue weighted by Gasteiger charge is 2.19. The number of nitrogens with zero attached hydrogens (tertiary/aromatic N) is 1. The second-order valence-corrected chi connectivity index (χ2v) is 5.17. The Hall–Kier alpha value is -3.12. The molecule has 0 bridgehead atoms. The highest BCUT2D eigenvalue weighted by molar-refractivity contribution is 6.00. The van der Waals surface area contributed by atoms with Crippen LogP contribution in [0.1, 0.15) is 27.2 Å². The Morgan fingerprint density at radius 3 is 2.52 bits per heavy atom. The van der Waals surface area contributed by atoms with Gasteiger partial charge in [0.1, 0.15) is 5.69 Å². The summed E-state index contributed by atoms with van der Waals surface area (Å²) in [6.07, 6.45) is 1.78. The Morgan fingerprint density at radius 1 is 1.04 bits per heavy atom. The zero-order valence-corrected chi connectivity index (χ0v) is 13.0. The molecule has 0 atom stereocenters. The fourth-order valence-corrected chi connectivity index (χ4v) is 2.37. The number of carbonyl (C=O) groups excluding carboxylic acids is 1. The van der Waals surface area contributed by atoms with Gasteiger partial charge in [-0.2, -0.15) is 0 Å². The van der Waals surface area contributed by atoms with Gasteiger partial charge in [0.2, 0.25) is 0 Å². The lowest BCUT2D eigenvalue weighted by atomic mass is 10.1. The smallest absolute Gasteiger partial charge is 0.338 e. The Bertz CT molecular complexity index is 886. The zero-order valence-electron chi connectivity index (χ0n) is 13.0. The molecule has 0 saturated carbocycles. The normalized spacial score (nSPS) is 10.0. The summed E-state index contributed by atoms with van der Waals surface area (Å²) in [5, 5.41) is 0. The predicted octanol–water partition coefficient (Wildman–Crippen LogP) is 3.68. The maximum atomic E-state index is 12.0. The van der Waals surface area contributed by atoms with Crippen molar-refractivity contribution in [2.24, 2.45) is 0 Å². The minimum absolute atomic E-state index is 0.359. The molecule has 2 aliphatic carbocycles. The minimum atomic E-state index is -0.359. The quantitative estimate of drug-likeness (QED) is 0.508. The van der Waals surface area contributed by atoms with E-state index in [1.54, 1.807) is 12.3 Å². The first-order valence-electron chi connectivity index (χ1n) is 7.24. The molecule has 3 nitrogen and oxygen atoms in total. The fraction of sp³-hybridized carbons (Fsp3) is 0.100. The van der Waals surface area contributed by atoms with Gasteiger partial charge in [-0.3, -0.25) is 0 Å². The van der Waals surface area contributed by atoms with Gasteiger partial charge in [0, 0.05) is 11.8 Å². The standard InChI is InChI=1S/C20H15NO2/c1-14-8-10-16(21-13-14)11-9-15-12-19(20(22)23-2)18-7-5-3-4-6-17(15)18/h3-8,10,12-13H,1-2H3. The van der Waals surface area contributed by atoms with Gasteiger partial charge in [0.25, 0.3) is 0 Å². The van der Waals surface area contributed by atoms with Crippen LogP contribution in [-0.4, -0.2) is 18.1 Å². The Labute approximate surface area is 135 Å². The number of rotatable bonds is 1. The maximum Gasteiger partial charge on any atom is 0.338 e. The first-order chi connectivity index (χ1) is 11.2. The number of pyridine rings is 1. The first-order valence-corrected chi connectivity index (χ1v) is 7.24. The van der Waals surface area contributed by atoms with Crippen LogP contribution >= 0.6 is 0 Å². The van der Waals surface area contributed by atoms with E-state index >= 15 is 0 Å². The van der Waals surface area contributed by atoms with E-state index in [9.17, 15) is 4.79 Å². The summed E-state index contributed by atoms with van der Waals surface area (Å²) in [7, 11) is 1.38. The van der Waals surface area contributed by atoms with Gasteiger partial charge in [-0.15, -0.1) is 0 Å². The number of fused-ring (bicyclic) bond motifs is 1. The van der Waals surface area contributed by atoms with Crippen LogP contribution in [0.25, 0.3) is 11.1 Å². The van der Waals surface area contributed by atoms with E-state index in [2.05, 4.69) is 16.8 Å². The lowest BCUT2D eigenvalue weighted by Gasteiger charge is -1.98. The van der Waals surface area contributed by atoms with Crippen LogP contribution in [-0.2, 0) is 4.74 Å². The van der Waals surface area contributed by atoms with Gasteiger partial charge in [0.15, 0.2) is 0 Å². The second-order valence-electron chi connectivity index (χ2n) is 5.17. The Balaban J connectivity index is 2.09. The third kappa shape index (κ3) is 3.07. The van der Waals surface area contributed by atoms with Crippen molar-refractivity contribution in [3.8, 4) is 23.0 Å². The monoisotopic (exact) mass is 301 g/mol. The van der Waals surface area contributed by atoms with E-state index in [1.807, 2.05) is 49.4 Å². The molecule has 112 valence electrons. The third-order valence-corrected chi connectivity index (χ3v) is 3.55. The van der Waals surface area contributed by atoms with Crippen molar-refractivity contribution in [1.82, 2.24) is 4.98 Å². The number of aromatic nitrogens is 1. The SMILES string of the molecule is COC(=O)c1cc(C#Cc2ccc(C)cn2)c2cccccc1-2. The first kappa shape index (κ1) is 14.8. The summed E-state index contributed by atoms with van der Waals surface area (Å²) in [4.78, 5) is 16.3. The topological polar surface area (TPSA) is 39.2 Å². The summed E-state index contributed by atoms with van der Waals surface area (Å²) in [6.45, 7) is 1.98. The van der Waals surface area contributed by atoms with Crippen LogP contribution in [0.5, 0.6) is 0 Å². The molecule has 23 heavy (non-hydrogen) atoms. The molecule has 1 aromatic rings. The second kappa shape index (κ2) is 6.33. The highest BCUT2D eigenvalue weighted by Crippen LogP contribution is 2.31. The third-order valence-electron chi connectivity index (χ3n) is 3.55. The predicted molar refractivity (Wildman–Crippen MR) is 89.4 cm³/mol.